The van der Waals surface area contributed by atoms with Crippen LogP contribution < -0.4 is 0 Å². The van der Waals surface area contributed by atoms with Crippen LogP contribution in [-0.4, -0.2) is 0 Å². The highest BCUT2D eigenvalue weighted by Gasteiger charge is 2.19. The molecule has 0 saturated heterocycles. The summed E-state index contributed by atoms with van der Waals surface area (Å²) in [4.78, 5) is 0. The van der Waals surface area contributed by atoms with Gasteiger partial charge in [-0.25, -0.2) is 0 Å². The molecule has 0 aliphatic carbocycles. The van der Waals surface area contributed by atoms with Crippen molar-refractivity contribution in [1.29, 1.82) is 0 Å². The summed E-state index contributed by atoms with van der Waals surface area (Å²) < 4.78 is 0. The number of benzene rings is 8. The molecule has 0 aliphatic rings. The first-order valence-electron chi connectivity index (χ1n) is 14.5. The summed E-state index contributed by atoms with van der Waals surface area (Å²) in [7, 11) is 0. The van der Waals surface area contributed by atoms with Gasteiger partial charge in [0.1, 0.15) is 0 Å². The maximum absolute atomic E-state index is 2.41. The molecule has 8 rings (SSSR count). The quantitative estimate of drug-likeness (QED) is 0.198. The fourth-order valence-electron chi connectivity index (χ4n) is 6.59. The number of fused-ring (bicyclic) bond motifs is 3. The van der Waals surface area contributed by atoms with E-state index in [1.54, 1.807) is 0 Å². The van der Waals surface area contributed by atoms with E-state index in [0.717, 1.165) is 0 Å². The summed E-state index contributed by atoms with van der Waals surface area (Å²) >= 11 is 0. The van der Waals surface area contributed by atoms with Crippen molar-refractivity contribution >= 4 is 32.3 Å². The SMILES string of the molecule is c1ccc(-c2ccccc2-c2ccc(-c3cccc4ccccc34)c3c(-c4ccccc4)c4ccccc4cc23)cc1. The molecule has 0 unspecified atom stereocenters. The van der Waals surface area contributed by atoms with Crippen molar-refractivity contribution in [2.75, 3.05) is 0 Å². The molecule has 0 radical (unpaired) electrons. The van der Waals surface area contributed by atoms with Gasteiger partial charge in [-0.3, -0.25) is 0 Å². The van der Waals surface area contributed by atoms with E-state index in [0.29, 0.717) is 0 Å². The highest BCUT2D eigenvalue weighted by Crippen LogP contribution is 2.47. The van der Waals surface area contributed by atoms with Crippen molar-refractivity contribution in [3.63, 3.8) is 0 Å². The van der Waals surface area contributed by atoms with Gasteiger partial charge in [-0.1, -0.05) is 164 Å². The van der Waals surface area contributed by atoms with E-state index < -0.39 is 0 Å². The van der Waals surface area contributed by atoms with Crippen LogP contribution in [0.5, 0.6) is 0 Å². The maximum Gasteiger partial charge on any atom is -0.00139 e. The summed E-state index contributed by atoms with van der Waals surface area (Å²) in [5.41, 5.74) is 9.99. The first-order valence-corrected chi connectivity index (χ1v) is 14.5. The highest BCUT2D eigenvalue weighted by atomic mass is 14.2. The Morgan fingerprint density at radius 2 is 0.786 bits per heavy atom. The van der Waals surface area contributed by atoms with E-state index in [-0.39, 0.29) is 0 Å². The average Bonchev–Trinajstić information content (AvgIpc) is 3.07. The van der Waals surface area contributed by atoms with Crippen LogP contribution in [0.3, 0.4) is 0 Å². The van der Waals surface area contributed by atoms with Crippen molar-refractivity contribution in [2.45, 2.75) is 0 Å². The molecule has 0 aromatic heterocycles. The summed E-state index contributed by atoms with van der Waals surface area (Å²) in [6.07, 6.45) is 0. The predicted octanol–water partition coefficient (Wildman–Crippen LogP) is 11.8. The van der Waals surface area contributed by atoms with Crippen molar-refractivity contribution in [2.24, 2.45) is 0 Å². The fourth-order valence-corrected chi connectivity index (χ4v) is 6.59. The van der Waals surface area contributed by atoms with Gasteiger partial charge in [0, 0.05) is 0 Å². The molecule has 0 fully saturated rings. The van der Waals surface area contributed by atoms with Crippen LogP contribution in [0.2, 0.25) is 0 Å². The van der Waals surface area contributed by atoms with Crippen molar-refractivity contribution in [1.82, 2.24) is 0 Å². The molecule has 42 heavy (non-hydrogen) atoms. The van der Waals surface area contributed by atoms with Gasteiger partial charge in [0.05, 0.1) is 0 Å². The van der Waals surface area contributed by atoms with E-state index in [2.05, 4.69) is 170 Å². The zero-order chi connectivity index (χ0) is 27.9. The van der Waals surface area contributed by atoms with Crippen molar-refractivity contribution in [3.8, 4) is 44.5 Å². The Morgan fingerprint density at radius 1 is 0.262 bits per heavy atom. The molecule has 0 heterocycles. The monoisotopic (exact) mass is 532 g/mol. The third kappa shape index (κ3) is 4.00. The van der Waals surface area contributed by atoms with Gasteiger partial charge in [0.15, 0.2) is 0 Å². The summed E-state index contributed by atoms with van der Waals surface area (Å²) in [5, 5.41) is 7.59. The zero-order valence-corrected chi connectivity index (χ0v) is 23.2. The topological polar surface area (TPSA) is 0 Å². The van der Waals surface area contributed by atoms with Gasteiger partial charge >= 0.3 is 0 Å². The maximum atomic E-state index is 2.41. The van der Waals surface area contributed by atoms with E-state index in [4.69, 9.17) is 0 Å². The smallest absolute Gasteiger partial charge is 0.00139 e. The molecule has 196 valence electrons. The largest absolute Gasteiger partial charge is 0.0622 e. The minimum atomic E-state index is 1.23. The number of hydrogen-bond donors (Lipinski definition) is 0. The second kappa shape index (κ2) is 10.2. The van der Waals surface area contributed by atoms with E-state index in [1.807, 2.05) is 0 Å². The van der Waals surface area contributed by atoms with Gasteiger partial charge in [-0.2, -0.15) is 0 Å². The minimum absolute atomic E-state index is 1.23. The molecule has 0 atom stereocenters. The Morgan fingerprint density at radius 3 is 1.57 bits per heavy atom. The molecular formula is C42H28. The van der Waals surface area contributed by atoms with E-state index in [9.17, 15) is 0 Å². The van der Waals surface area contributed by atoms with Gasteiger partial charge in [-0.05, 0) is 82.9 Å². The first kappa shape index (κ1) is 24.3. The van der Waals surface area contributed by atoms with Crippen LogP contribution in [-0.2, 0) is 0 Å². The molecule has 8 aromatic carbocycles. The van der Waals surface area contributed by atoms with Crippen molar-refractivity contribution < 1.29 is 0 Å². The standard InChI is InChI=1S/C42H28/c1-3-14-29(15-4-1)33-22-11-12-24-36(33)38-26-27-39(37-25-13-20-30-16-7-9-21-34(30)37)42-40(38)28-32-19-8-10-23-35(32)41(42)31-17-5-2-6-18-31/h1-28H. The number of hydrogen-bond acceptors (Lipinski definition) is 0. The normalized spacial score (nSPS) is 11.3. The summed E-state index contributed by atoms with van der Waals surface area (Å²) in [6.45, 7) is 0. The molecule has 0 saturated carbocycles. The van der Waals surface area contributed by atoms with Crippen LogP contribution in [0.4, 0.5) is 0 Å². The minimum Gasteiger partial charge on any atom is -0.0622 e. The number of rotatable bonds is 4. The van der Waals surface area contributed by atoms with Gasteiger partial charge < -0.3 is 0 Å². The predicted molar refractivity (Wildman–Crippen MR) is 181 cm³/mol. The zero-order valence-electron chi connectivity index (χ0n) is 23.2. The Hall–Kier alpha value is -5.46. The van der Waals surface area contributed by atoms with Crippen LogP contribution in [0.25, 0.3) is 76.8 Å². The summed E-state index contributed by atoms with van der Waals surface area (Å²) in [5.74, 6) is 0. The lowest BCUT2D eigenvalue weighted by Gasteiger charge is -2.20. The van der Waals surface area contributed by atoms with Crippen molar-refractivity contribution in [3.05, 3.63) is 170 Å². The van der Waals surface area contributed by atoms with E-state index in [1.165, 1.54) is 76.8 Å². The lowest BCUT2D eigenvalue weighted by Crippen LogP contribution is -1.93. The first-order chi connectivity index (χ1) is 20.9. The average molecular weight is 533 g/mol. The second-order valence-electron chi connectivity index (χ2n) is 10.9. The van der Waals surface area contributed by atoms with E-state index >= 15 is 0 Å². The molecule has 8 aromatic rings. The van der Waals surface area contributed by atoms with Gasteiger partial charge in [0.25, 0.3) is 0 Å². The molecule has 0 amide bonds. The lowest BCUT2D eigenvalue weighted by molar-refractivity contribution is 1.59. The Labute approximate surface area is 246 Å². The molecule has 0 nitrogen and oxygen atoms in total. The molecule has 0 bridgehead atoms. The van der Waals surface area contributed by atoms with Gasteiger partial charge in [-0.15, -0.1) is 0 Å². The fraction of sp³-hybridized carbons (Fsp3) is 0. The summed E-state index contributed by atoms with van der Waals surface area (Å²) in [6, 6.07) is 61.8. The Bertz CT molecular complexity index is 2220. The van der Waals surface area contributed by atoms with Crippen LogP contribution >= 0.6 is 0 Å². The third-order valence-electron chi connectivity index (χ3n) is 8.47. The molecule has 0 spiro atoms. The second-order valence-corrected chi connectivity index (χ2v) is 10.9. The Balaban J connectivity index is 1.56. The Kier molecular flexibility index (Phi) is 5.90. The molecular weight excluding hydrogens is 504 g/mol. The molecule has 0 aliphatic heterocycles. The highest BCUT2D eigenvalue weighted by molar-refractivity contribution is 6.22. The lowest BCUT2D eigenvalue weighted by atomic mass is 9.82. The van der Waals surface area contributed by atoms with Crippen LogP contribution in [0.15, 0.2) is 170 Å². The van der Waals surface area contributed by atoms with Gasteiger partial charge in [0.2, 0.25) is 0 Å². The third-order valence-corrected chi connectivity index (χ3v) is 8.47. The molecule has 0 N–H and O–H groups in total. The van der Waals surface area contributed by atoms with Crippen LogP contribution in [0.1, 0.15) is 0 Å². The molecule has 0 heteroatoms. The van der Waals surface area contributed by atoms with Crippen LogP contribution in [0, 0.1) is 0 Å².